The van der Waals surface area contributed by atoms with Crippen molar-refractivity contribution in [3.05, 3.63) is 12.2 Å². The molecule has 110 valence electrons. The first-order valence-corrected chi connectivity index (χ1v) is 6.74. The molecule has 0 aromatic rings. The Morgan fingerprint density at radius 2 is 2.11 bits per heavy atom. The van der Waals surface area contributed by atoms with Crippen molar-refractivity contribution in [3.63, 3.8) is 0 Å². The van der Waals surface area contributed by atoms with Crippen LogP contribution in [0.25, 0.3) is 0 Å². The van der Waals surface area contributed by atoms with Crippen molar-refractivity contribution in [1.82, 2.24) is 0 Å². The van der Waals surface area contributed by atoms with Crippen molar-refractivity contribution in [2.24, 2.45) is 5.92 Å². The van der Waals surface area contributed by atoms with Gasteiger partial charge in [0, 0.05) is 5.92 Å². The van der Waals surface area contributed by atoms with E-state index in [1.54, 1.807) is 19.1 Å². The number of hydrogen-bond acceptors (Lipinski definition) is 5. The number of rotatable bonds is 4. The Balaban J connectivity index is 2.61. The third-order valence-electron chi connectivity index (χ3n) is 2.56. The van der Waals surface area contributed by atoms with E-state index < -0.39 is 34.7 Å². The van der Waals surface area contributed by atoms with Crippen LogP contribution in [0.5, 0.6) is 0 Å². The largest absolute Gasteiger partial charge is 0.459 e. The molecule has 1 rings (SSSR count). The van der Waals surface area contributed by atoms with Crippen LogP contribution in [0, 0.1) is 5.92 Å². The van der Waals surface area contributed by atoms with Crippen LogP contribution >= 0.6 is 34.8 Å². The van der Waals surface area contributed by atoms with Gasteiger partial charge in [-0.3, -0.25) is 0 Å². The standard InChI is InChI=1S/C11H15Cl3O5/c1-6-2-3-8(7(16)4-15)19-9(6)10(17)18-5-11(12,13)14/h2-3,6-9,15-16H,4-5H2,1H3/t6-,7+,8-,9+/m0/s1. The lowest BCUT2D eigenvalue weighted by atomic mass is 9.98. The summed E-state index contributed by atoms with van der Waals surface area (Å²) in [5.74, 6) is -0.927. The average Bonchev–Trinajstić information content (AvgIpc) is 2.34. The van der Waals surface area contributed by atoms with Crippen molar-refractivity contribution in [3.8, 4) is 0 Å². The quantitative estimate of drug-likeness (QED) is 0.459. The van der Waals surface area contributed by atoms with Gasteiger partial charge in [-0.2, -0.15) is 0 Å². The third kappa shape index (κ3) is 5.45. The molecule has 2 N–H and O–H groups in total. The second-order valence-corrected chi connectivity index (χ2v) is 6.75. The van der Waals surface area contributed by atoms with Crippen molar-refractivity contribution in [2.75, 3.05) is 13.2 Å². The molecular weight excluding hydrogens is 318 g/mol. The Morgan fingerprint density at radius 3 is 2.63 bits per heavy atom. The highest BCUT2D eigenvalue weighted by molar-refractivity contribution is 6.67. The fourth-order valence-corrected chi connectivity index (χ4v) is 1.72. The number of esters is 1. The fourth-order valence-electron chi connectivity index (χ4n) is 1.55. The monoisotopic (exact) mass is 332 g/mol. The summed E-state index contributed by atoms with van der Waals surface area (Å²) in [4.78, 5) is 11.8. The van der Waals surface area contributed by atoms with Gasteiger partial charge >= 0.3 is 5.97 Å². The van der Waals surface area contributed by atoms with E-state index in [-0.39, 0.29) is 12.5 Å². The Labute approximate surface area is 126 Å². The molecule has 4 atom stereocenters. The molecule has 0 spiro atoms. The van der Waals surface area contributed by atoms with Crippen LogP contribution in [0.2, 0.25) is 0 Å². The minimum Gasteiger partial charge on any atom is -0.459 e. The summed E-state index contributed by atoms with van der Waals surface area (Å²) in [6.07, 6.45) is 0.501. The molecule has 1 heterocycles. The Hall–Kier alpha value is -0.0400. The Bertz CT molecular complexity index is 342. The van der Waals surface area contributed by atoms with Gasteiger partial charge in [0.1, 0.15) is 18.8 Å². The SMILES string of the molecule is C[C@H]1C=C[C@@H]([C@H](O)CO)O[C@H]1C(=O)OCC(Cl)(Cl)Cl. The highest BCUT2D eigenvalue weighted by Gasteiger charge is 2.35. The van der Waals surface area contributed by atoms with Crippen LogP contribution in [0.4, 0.5) is 0 Å². The third-order valence-corrected chi connectivity index (χ3v) is 2.89. The molecule has 8 heteroatoms. The molecule has 0 fully saturated rings. The van der Waals surface area contributed by atoms with Gasteiger partial charge in [0.2, 0.25) is 3.79 Å². The molecule has 19 heavy (non-hydrogen) atoms. The number of ether oxygens (including phenoxy) is 2. The second-order valence-electron chi connectivity index (χ2n) is 4.24. The van der Waals surface area contributed by atoms with E-state index in [2.05, 4.69) is 0 Å². The van der Waals surface area contributed by atoms with E-state index in [1.807, 2.05) is 0 Å². The number of aliphatic hydroxyl groups excluding tert-OH is 2. The van der Waals surface area contributed by atoms with E-state index in [0.29, 0.717) is 0 Å². The highest BCUT2D eigenvalue weighted by Crippen LogP contribution is 2.27. The van der Waals surface area contributed by atoms with Crippen molar-refractivity contribution < 1.29 is 24.5 Å². The minimum absolute atomic E-state index is 0.245. The number of hydrogen-bond donors (Lipinski definition) is 2. The van der Waals surface area contributed by atoms with E-state index >= 15 is 0 Å². The van der Waals surface area contributed by atoms with Crippen LogP contribution in [-0.2, 0) is 14.3 Å². The molecule has 5 nitrogen and oxygen atoms in total. The predicted octanol–water partition coefficient (Wildman–Crippen LogP) is 1.21. The molecule has 0 bridgehead atoms. The van der Waals surface area contributed by atoms with Crippen LogP contribution in [0.3, 0.4) is 0 Å². The normalized spacial score (nSPS) is 29.1. The number of carbonyl (C=O) groups excluding carboxylic acids is 1. The lowest BCUT2D eigenvalue weighted by Gasteiger charge is -2.31. The molecule has 1 aliphatic heterocycles. The van der Waals surface area contributed by atoms with Gasteiger partial charge in [0.15, 0.2) is 6.10 Å². The van der Waals surface area contributed by atoms with Crippen molar-refractivity contribution >= 4 is 40.8 Å². The van der Waals surface area contributed by atoms with Gasteiger partial charge in [0.05, 0.1) is 6.61 Å². The van der Waals surface area contributed by atoms with Crippen molar-refractivity contribution in [1.29, 1.82) is 0 Å². The predicted molar refractivity (Wildman–Crippen MR) is 71.3 cm³/mol. The second kappa shape index (κ2) is 7.11. The lowest BCUT2D eigenvalue weighted by molar-refractivity contribution is -0.168. The number of halogens is 3. The molecule has 0 aliphatic carbocycles. The molecule has 1 aliphatic rings. The van der Waals surface area contributed by atoms with Gasteiger partial charge in [-0.15, -0.1) is 0 Å². The average molecular weight is 334 g/mol. The van der Waals surface area contributed by atoms with Crippen LogP contribution in [0.1, 0.15) is 6.92 Å². The molecule has 0 aromatic carbocycles. The lowest BCUT2D eigenvalue weighted by Crippen LogP contribution is -2.43. The highest BCUT2D eigenvalue weighted by atomic mass is 35.6. The van der Waals surface area contributed by atoms with Gasteiger partial charge in [-0.05, 0) is 0 Å². The molecular formula is C11H15Cl3O5. The first-order chi connectivity index (χ1) is 8.74. The van der Waals surface area contributed by atoms with Crippen LogP contribution < -0.4 is 0 Å². The molecule has 0 unspecified atom stereocenters. The molecule has 0 saturated carbocycles. The zero-order valence-electron chi connectivity index (χ0n) is 10.1. The Kier molecular flexibility index (Phi) is 6.36. The summed E-state index contributed by atoms with van der Waals surface area (Å²) in [5.41, 5.74) is 0. The van der Waals surface area contributed by atoms with Gasteiger partial charge in [-0.1, -0.05) is 53.9 Å². The first kappa shape index (κ1) is 17.0. The number of aliphatic hydroxyl groups is 2. The first-order valence-electron chi connectivity index (χ1n) is 5.60. The summed E-state index contributed by atoms with van der Waals surface area (Å²) in [7, 11) is 0. The summed E-state index contributed by atoms with van der Waals surface area (Å²) in [6.45, 7) is 0.888. The van der Waals surface area contributed by atoms with E-state index in [0.717, 1.165) is 0 Å². The van der Waals surface area contributed by atoms with Crippen molar-refractivity contribution in [2.45, 2.75) is 29.0 Å². The Morgan fingerprint density at radius 1 is 1.47 bits per heavy atom. The van der Waals surface area contributed by atoms with E-state index in [1.165, 1.54) is 0 Å². The van der Waals surface area contributed by atoms with Crippen LogP contribution in [0.15, 0.2) is 12.2 Å². The topological polar surface area (TPSA) is 76.0 Å². The summed E-state index contributed by atoms with van der Waals surface area (Å²) >= 11 is 16.4. The molecule has 0 radical (unpaired) electrons. The molecule has 0 amide bonds. The summed E-state index contributed by atoms with van der Waals surface area (Å²) in [5, 5.41) is 18.3. The van der Waals surface area contributed by atoms with Gasteiger partial charge in [-0.25, -0.2) is 4.79 Å². The zero-order valence-corrected chi connectivity index (χ0v) is 12.4. The maximum atomic E-state index is 11.8. The fraction of sp³-hybridized carbons (Fsp3) is 0.727. The van der Waals surface area contributed by atoms with E-state index in [9.17, 15) is 9.90 Å². The number of alkyl halides is 3. The number of carbonyl (C=O) groups is 1. The molecule has 0 aromatic heterocycles. The smallest absolute Gasteiger partial charge is 0.336 e. The van der Waals surface area contributed by atoms with Crippen LogP contribution in [-0.4, -0.2) is 51.5 Å². The summed E-state index contributed by atoms with van der Waals surface area (Å²) in [6, 6.07) is 0. The maximum Gasteiger partial charge on any atom is 0.336 e. The zero-order chi connectivity index (χ0) is 14.6. The van der Waals surface area contributed by atoms with Gasteiger partial charge < -0.3 is 19.7 Å². The molecule has 0 saturated heterocycles. The minimum atomic E-state index is -1.69. The van der Waals surface area contributed by atoms with Gasteiger partial charge in [0.25, 0.3) is 0 Å². The van der Waals surface area contributed by atoms with E-state index in [4.69, 9.17) is 49.4 Å². The maximum absolute atomic E-state index is 11.8. The summed E-state index contributed by atoms with van der Waals surface area (Å²) < 4.78 is 8.53.